The van der Waals surface area contributed by atoms with Gasteiger partial charge < -0.3 is 29.5 Å². The average molecular weight is 667 g/mol. The predicted molar refractivity (Wildman–Crippen MR) is 180 cm³/mol. The molecule has 3 aromatic rings. The molecule has 12 heteroatoms. The molecule has 0 aromatic heterocycles. The van der Waals surface area contributed by atoms with Crippen LogP contribution >= 0.6 is 0 Å². The second kappa shape index (κ2) is 13.0. The van der Waals surface area contributed by atoms with Gasteiger partial charge in [0.15, 0.2) is 5.60 Å². The summed E-state index contributed by atoms with van der Waals surface area (Å²) in [4.78, 5) is 58.5. The van der Waals surface area contributed by atoms with Crippen LogP contribution in [0.5, 0.6) is 0 Å². The van der Waals surface area contributed by atoms with Gasteiger partial charge in [0.2, 0.25) is 5.91 Å². The highest BCUT2D eigenvalue weighted by atomic mass is 16.6. The summed E-state index contributed by atoms with van der Waals surface area (Å²) >= 11 is 0. The molecule has 0 radical (unpaired) electrons. The van der Waals surface area contributed by atoms with E-state index in [1.165, 1.54) is 14.7 Å². The van der Waals surface area contributed by atoms with E-state index in [9.17, 15) is 29.4 Å². The van der Waals surface area contributed by atoms with Crippen LogP contribution in [0.2, 0.25) is 0 Å². The first-order valence-corrected chi connectivity index (χ1v) is 16.5. The van der Waals surface area contributed by atoms with E-state index in [1.54, 1.807) is 54.3 Å². The Hall–Kier alpha value is -5.20. The number of ether oxygens (including phenoxy) is 2. The zero-order chi connectivity index (χ0) is 34.3. The standard InChI is InChI=1S/C37H38N4O8/c1-24(6-4-11-33(43)40-22-27-9-3-2-8-26(27)19-30(40)23-42)37(47)31-20-29(39-15-17-49-36(39)46)12-13-32(31)41(34(37)44)21-25-7-5-10-28(18-25)38-14-16-48-35(38)45/h2-10,12-13,18,20,24,30,42,47H,11,14-17,19,21-23H2,1H3/b6-4+/t24-,30-,37+/m0/s1. The maximum atomic E-state index is 14.3. The van der Waals surface area contributed by atoms with Crippen LogP contribution in [0.25, 0.3) is 0 Å². The summed E-state index contributed by atoms with van der Waals surface area (Å²) in [6.45, 7) is 3.38. The number of cyclic esters (lactones) is 2. The van der Waals surface area contributed by atoms with Crippen molar-refractivity contribution in [2.45, 2.75) is 44.5 Å². The van der Waals surface area contributed by atoms with Crippen LogP contribution in [-0.4, -0.2) is 78.1 Å². The molecule has 3 atom stereocenters. The van der Waals surface area contributed by atoms with Crippen molar-refractivity contribution in [2.75, 3.05) is 47.6 Å². The van der Waals surface area contributed by atoms with Crippen molar-refractivity contribution >= 4 is 41.1 Å². The van der Waals surface area contributed by atoms with Gasteiger partial charge in [-0.1, -0.05) is 55.5 Å². The second-order valence-electron chi connectivity index (χ2n) is 12.8. The summed E-state index contributed by atoms with van der Waals surface area (Å²) in [6, 6.07) is 19.9. The third kappa shape index (κ3) is 5.80. The topological polar surface area (TPSA) is 140 Å². The molecule has 7 rings (SSSR count). The van der Waals surface area contributed by atoms with E-state index in [1.807, 2.05) is 36.4 Å². The van der Waals surface area contributed by atoms with Crippen LogP contribution in [-0.2, 0) is 44.2 Å². The fraction of sp³-hybridized carbons (Fsp3) is 0.351. The van der Waals surface area contributed by atoms with E-state index in [4.69, 9.17) is 9.47 Å². The van der Waals surface area contributed by atoms with E-state index in [0.29, 0.717) is 55.3 Å². The van der Waals surface area contributed by atoms with Crippen molar-refractivity contribution in [3.63, 3.8) is 0 Å². The number of fused-ring (bicyclic) bond motifs is 2. The first kappa shape index (κ1) is 32.4. The minimum Gasteiger partial charge on any atom is -0.447 e. The Kier molecular flexibility index (Phi) is 8.59. The Morgan fingerprint density at radius 1 is 0.939 bits per heavy atom. The number of nitrogens with zero attached hydrogens (tertiary/aromatic N) is 4. The Labute approximate surface area is 283 Å². The van der Waals surface area contributed by atoms with Crippen molar-refractivity contribution in [1.29, 1.82) is 0 Å². The number of amides is 4. The number of benzene rings is 3. The Morgan fingerprint density at radius 2 is 1.63 bits per heavy atom. The second-order valence-corrected chi connectivity index (χ2v) is 12.8. The number of aliphatic hydroxyl groups excluding tert-OH is 1. The molecule has 4 amide bonds. The average Bonchev–Trinajstić information content (AvgIpc) is 3.81. The van der Waals surface area contributed by atoms with Gasteiger partial charge in [0, 0.05) is 35.8 Å². The minimum atomic E-state index is -2.01. The normalized spacial score (nSPS) is 22.4. The van der Waals surface area contributed by atoms with E-state index >= 15 is 0 Å². The third-order valence-electron chi connectivity index (χ3n) is 9.91. The molecular formula is C37H38N4O8. The van der Waals surface area contributed by atoms with Gasteiger partial charge in [0.25, 0.3) is 5.91 Å². The van der Waals surface area contributed by atoms with Crippen LogP contribution in [0.4, 0.5) is 26.7 Å². The maximum Gasteiger partial charge on any atom is 0.414 e. The summed E-state index contributed by atoms with van der Waals surface area (Å²) in [5.74, 6) is -1.48. The van der Waals surface area contributed by atoms with Gasteiger partial charge in [0.1, 0.15) is 13.2 Å². The van der Waals surface area contributed by atoms with E-state index in [0.717, 1.165) is 16.7 Å². The lowest BCUT2D eigenvalue weighted by Gasteiger charge is -2.36. The molecule has 2 N–H and O–H groups in total. The fourth-order valence-electron chi connectivity index (χ4n) is 7.19. The van der Waals surface area contributed by atoms with Crippen LogP contribution in [0.3, 0.4) is 0 Å². The number of hydrogen-bond acceptors (Lipinski definition) is 8. The van der Waals surface area contributed by atoms with Gasteiger partial charge in [-0.15, -0.1) is 0 Å². The van der Waals surface area contributed by atoms with E-state index < -0.39 is 29.6 Å². The van der Waals surface area contributed by atoms with E-state index in [2.05, 4.69) is 0 Å². The molecule has 49 heavy (non-hydrogen) atoms. The number of carbonyl (C=O) groups excluding carboxylic acids is 4. The number of carbonyl (C=O) groups is 4. The van der Waals surface area contributed by atoms with Crippen molar-refractivity contribution in [3.05, 3.63) is 101 Å². The lowest BCUT2D eigenvalue weighted by molar-refractivity contribution is -0.139. The Balaban J connectivity index is 1.15. The smallest absolute Gasteiger partial charge is 0.414 e. The predicted octanol–water partition coefficient (Wildman–Crippen LogP) is 3.86. The number of rotatable bonds is 9. The molecule has 3 aromatic carbocycles. The number of hydrogen-bond donors (Lipinski definition) is 2. The van der Waals surface area contributed by atoms with E-state index in [-0.39, 0.29) is 38.1 Å². The molecule has 4 heterocycles. The summed E-state index contributed by atoms with van der Waals surface area (Å²) in [6.07, 6.45) is 2.99. The molecule has 12 nitrogen and oxygen atoms in total. The zero-order valence-corrected chi connectivity index (χ0v) is 27.2. The van der Waals surface area contributed by atoms with Gasteiger partial charge in [-0.3, -0.25) is 19.4 Å². The van der Waals surface area contributed by atoms with Gasteiger partial charge in [-0.25, -0.2) is 9.59 Å². The van der Waals surface area contributed by atoms with Gasteiger partial charge >= 0.3 is 12.2 Å². The largest absolute Gasteiger partial charge is 0.447 e. The fourth-order valence-corrected chi connectivity index (χ4v) is 7.19. The number of anilines is 3. The summed E-state index contributed by atoms with van der Waals surface area (Å²) < 4.78 is 10.2. The quantitative estimate of drug-likeness (QED) is 0.328. The molecule has 0 spiro atoms. The van der Waals surface area contributed by atoms with Crippen LogP contribution in [0.1, 0.15) is 35.6 Å². The van der Waals surface area contributed by atoms with Crippen molar-refractivity contribution < 1.29 is 38.9 Å². The molecule has 254 valence electrons. The van der Waals surface area contributed by atoms with Gasteiger partial charge in [0.05, 0.1) is 38.0 Å². The van der Waals surface area contributed by atoms with Gasteiger partial charge in [-0.2, -0.15) is 0 Å². The molecule has 0 unspecified atom stereocenters. The van der Waals surface area contributed by atoms with Crippen LogP contribution < -0.4 is 14.7 Å². The van der Waals surface area contributed by atoms with Crippen molar-refractivity contribution in [3.8, 4) is 0 Å². The van der Waals surface area contributed by atoms with Crippen LogP contribution in [0, 0.1) is 5.92 Å². The maximum absolute atomic E-state index is 14.3. The molecule has 2 fully saturated rings. The lowest BCUT2D eigenvalue weighted by atomic mass is 9.82. The minimum absolute atomic E-state index is 0.0230. The monoisotopic (exact) mass is 666 g/mol. The zero-order valence-electron chi connectivity index (χ0n) is 27.2. The Morgan fingerprint density at radius 3 is 2.31 bits per heavy atom. The molecule has 2 saturated heterocycles. The summed E-state index contributed by atoms with van der Waals surface area (Å²) in [5, 5.41) is 22.4. The van der Waals surface area contributed by atoms with Crippen molar-refractivity contribution in [1.82, 2.24) is 4.90 Å². The lowest BCUT2D eigenvalue weighted by Crippen LogP contribution is -2.46. The highest BCUT2D eigenvalue weighted by Gasteiger charge is 2.53. The molecule has 0 saturated carbocycles. The molecule has 0 aliphatic carbocycles. The molecule has 4 aliphatic heterocycles. The first-order chi connectivity index (χ1) is 23.7. The SMILES string of the molecule is C[C@@H](/C=C/CC(=O)N1Cc2ccccc2C[C@H]1CO)[C@]1(O)C(=O)N(Cc2cccc(N3CCOC3=O)c2)c2ccc(N3CCOC3=O)cc21. The molecule has 4 aliphatic rings. The summed E-state index contributed by atoms with van der Waals surface area (Å²) in [5.41, 5.74) is 2.86. The molecule has 0 bridgehead atoms. The van der Waals surface area contributed by atoms with Gasteiger partial charge in [-0.05, 0) is 53.4 Å². The summed E-state index contributed by atoms with van der Waals surface area (Å²) in [7, 11) is 0. The first-order valence-electron chi connectivity index (χ1n) is 16.5. The van der Waals surface area contributed by atoms with Crippen LogP contribution in [0.15, 0.2) is 78.9 Å². The number of aliphatic hydroxyl groups is 2. The third-order valence-corrected chi connectivity index (χ3v) is 9.91. The Bertz CT molecular complexity index is 1840. The highest BCUT2D eigenvalue weighted by molar-refractivity contribution is 6.08. The highest BCUT2D eigenvalue weighted by Crippen LogP contribution is 2.47. The molecular weight excluding hydrogens is 628 g/mol. The van der Waals surface area contributed by atoms with Crippen molar-refractivity contribution in [2.24, 2.45) is 5.92 Å².